The largest absolute Gasteiger partial charge is 0.493 e. The van der Waals surface area contributed by atoms with E-state index in [4.69, 9.17) is 15.2 Å². The summed E-state index contributed by atoms with van der Waals surface area (Å²) in [6, 6.07) is 5.47. The Hall–Kier alpha value is -1.46. The highest BCUT2D eigenvalue weighted by Gasteiger charge is 2.29. The standard InChI is InChI=1S/C18H28N2O3.ClH/c1-12(2)23-16-6-5-14(10-17(16)22-4)18(21)20-8-7-13(3)9-15(20)11-19;/h5-6,10,12-13,15H,7-9,11,19H2,1-4H3;1H. The molecule has 0 aromatic heterocycles. The highest BCUT2D eigenvalue weighted by molar-refractivity contribution is 5.95. The van der Waals surface area contributed by atoms with Gasteiger partial charge in [0.2, 0.25) is 0 Å². The number of methoxy groups -OCH3 is 1. The van der Waals surface area contributed by atoms with Gasteiger partial charge in [-0.15, -0.1) is 12.4 Å². The van der Waals surface area contributed by atoms with Crippen molar-refractivity contribution in [1.82, 2.24) is 4.90 Å². The topological polar surface area (TPSA) is 64.8 Å². The molecule has 2 rings (SSSR count). The van der Waals surface area contributed by atoms with Gasteiger partial charge in [-0.25, -0.2) is 0 Å². The molecule has 1 aromatic carbocycles. The fraction of sp³-hybridized carbons (Fsp3) is 0.611. The lowest BCUT2D eigenvalue weighted by atomic mass is 9.92. The number of piperidine rings is 1. The molecular formula is C18H29ClN2O3. The second-order valence-corrected chi connectivity index (χ2v) is 6.55. The van der Waals surface area contributed by atoms with E-state index in [1.807, 2.05) is 18.7 Å². The summed E-state index contributed by atoms with van der Waals surface area (Å²) in [6.07, 6.45) is 2.04. The van der Waals surface area contributed by atoms with Crippen LogP contribution in [0.3, 0.4) is 0 Å². The number of halogens is 1. The Kier molecular flexibility index (Phi) is 7.84. The third kappa shape index (κ3) is 4.77. The van der Waals surface area contributed by atoms with Crippen molar-refractivity contribution in [2.75, 3.05) is 20.2 Å². The lowest BCUT2D eigenvalue weighted by Crippen LogP contribution is -2.49. The van der Waals surface area contributed by atoms with Crippen LogP contribution in [0.15, 0.2) is 18.2 Å². The summed E-state index contributed by atoms with van der Waals surface area (Å²) in [4.78, 5) is 14.8. The number of hydrogen-bond acceptors (Lipinski definition) is 4. The van der Waals surface area contributed by atoms with Crippen molar-refractivity contribution < 1.29 is 14.3 Å². The number of nitrogens with zero attached hydrogens (tertiary/aromatic N) is 1. The molecule has 2 unspecified atom stereocenters. The third-order valence-corrected chi connectivity index (χ3v) is 4.28. The van der Waals surface area contributed by atoms with Gasteiger partial charge in [-0.1, -0.05) is 6.92 Å². The molecule has 0 spiro atoms. The number of ether oxygens (including phenoxy) is 2. The molecule has 1 aliphatic heterocycles. The first kappa shape index (κ1) is 20.6. The summed E-state index contributed by atoms with van der Waals surface area (Å²) >= 11 is 0. The molecule has 1 fully saturated rings. The average Bonchev–Trinajstić information content (AvgIpc) is 2.53. The van der Waals surface area contributed by atoms with Gasteiger partial charge in [-0.2, -0.15) is 0 Å². The van der Waals surface area contributed by atoms with E-state index in [0.717, 1.165) is 19.4 Å². The zero-order valence-corrected chi connectivity index (χ0v) is 15.8. The van der Waals surface area contributed by atoms with E-state index >= 15 is 0 Å². The number of rotatable bonds is 5. The normalized spacial score (nSPS) is 20.5. The number of nitrogens with two attached hydrogens (primary N) is 1. The minimum Gasteiger partial charge on any atom is -0.493 e. The molecule has 1 heterocycles. The number of amides is 1. The minimum atomic E-state index is 0. The SMILES string of the molecule is COc1cc(C(=O)N2CCC(C)CC2CN)ccc1OC(C)C.Cl. The Morgan fingerprint density at radius 3 is 2.67 bits per heavy atom. The van der Waals surface area contributed by atoms with Gasteiger partial charge in [0.1, 0.15) is 0 Å². The average molecular weight is 357 g/mol. The molecule has 5 nitrogen and oxygen atoms in total. The maximum absolute atomic E-state index is 12.9. The summed E-state index contributed by atoms with van der Waals surface area (Å²) in [5.41, 5.74) is 6.48. The monoisotopic (exact) mass is 356 g/mol. The second-order valence-electron chi connectivity index (χ2n) is 6.55. The summed E-state index contributed by atoms with van der Waals surface area (Å²) in [7, 11) is 1.59. The van der Waals surface area contributed by atoms with Crippen LogP contribution in [-0.4, -0.2) is 43.2 Å². The van der Waals surface area contributed by atoms with Gasteiger partial charge < -0.3 is 20.1 Å². The predicted molar refractivity (Wildman–Crippen MR) is 98.3 cm³/mol. The zero-order chi connectivity index (χ0) is 17.0. The fourth-order valence-electron chi connectivity index (χ4n) is 3.06. The number of carbonyl (C=O) groups is 1. The first-order chi connectivity index (χ1) is 11.0. The molecular weight excluding hydrogens is 328 g/mol. The fourth-order valence-corrected chi connectivity index (χ4v) is 3.06. The van der Waals surface area contributed by atoms with E-state index in [2.05, 4.69) is 6.92 Å². The van der Waals surface area contributed by atoms with Crippen molar-refractivity contribution in [1.29, 1.82) is 0 Å². The molecule has 0 radical (unpaired) electrons. The Morgan fingerprint density at radius 1 is 1.38 bits per heavy atom. The first-order valence-electron chi connectivity index (χ1n) is 8.32. The number of carbonyl (C=O) groups excluding carboxylic acids is 1. The molecule has 1 aromatic rings. The van der Waals surface area contributed by atoms with Crippen LogP contribution in [0.1, 0.15) is 44.0 Å². The van der Waals surface area contributed by atoms with Crippen LogP contribution < -0.4 is 15.2 Å². The molecule has 1 aliphatic rings. The van der Waals surface area contributed by atoms with Crippen LogP contribution in [-0.2, 0) is 0 Å². The quantitative estimate of drug-likeness (QED) is 0.880. The van der Waals surface area contributed by atoms with Gasteiger partial charge in [0, 0.05) is 24.7 Å². The van der Waals surface area contributed by atoms with Crippen molar-refractivity contribution in [2.45, 2.75) is 45.8 Å². The van der Waals surface area contributed by atoms with Crippen LogP contribution in [0.2, 0.25) is 0 Å². The van der Waals surface area contributed by atoms with E-state index in [-0.39, 0.29) is 30.5 Å². The molecule has 0 aliphatic carbocycles. The van der Waals surface area contributed by atoms with Crippen molar-refractivity contribution >= 4 is 18.3 Å². The van der Waals surface area contributed by atoms with Crippen molar-refractivity contribution in [2.24, 2.45) is 11.7 Å². The van der Waals surface area contributed by atoms with E-state index in [1.54, 1.807) is 25.3 Å². The maximum atomic E-state index is 12.9. The summed E-state index contributed by atoms with van der Waals surface area (Å²) in [6.45, 7) is 7.39. The van der Waals surface area contributed by atoms with Crippen molar-refractivity contribution in [3.8, 4) is 11.5 Å². The van der Waals surface area contributed by atoms with Crippen LogP contribution in [0.25, 0.3) is 0 Å². The van der Waals surface area contributed by atoms with Gasteiger partial charge in [-0.05, 0) is 50.8 Å². The highest BCUT2D eigenvalue weighted by atomic mass is 35.5. The predicted octanol–water partition coefficient (Wildman–Crippen LogP) is 3.10. The molecule has 1 amide bonds. The first-order valence-corrected chi connectivity index (χ1v) is 8.32. The maximum Gasteiger partial charge on any atom is 0.254 e. The molecule has 0 saturated carbocycles. The molecule has 2 N–H and O–H groups in total. The Labute approximate surface area is 150 Å². The third-order valence-electron chi connectivity index (χ3n) is 4.28. The molecule has 24 heavy (non-hydrogen) atoms. The number of hydrogen-bond donors (Lipinski definition) is 1. The highest BCUT2D eigenvalue weighted by Crippen LogP contribution is 2.31. The van der Waals surface area contributed by atoms with Crippen LogP contribution in [0.5, 0.6) is 11.5 Å². The molecule has 1 saturated heterocycles. The van der Waals surface area contributed by atoms with Crippen LogP contribution >= 0.6 is 12.4 Å². The number of benzene rings is 1. The molecule has 6 heteroatoms. The van der Waals surface area contributed by atoms with E-state index in [1.165, 1.54) is 0 Å². The number of likely N-dealkylation sites (tertiary alicyclic amines) is 1. The molecule has 2 atom stereocenters. The smallest absolute Gasteiger partial charge is 0.254 e. The summed E-state index contributed by atoms with van der Waals surface area (Å²) < 4.78 is 11.1. The molecule has 0 bridgehead atoms. The molecule has 136 valence electrons. The van der Waals surface area contributed by atoms with Gasteiger partial charge in [0.25, 0.3) is 5.91 Å². The lowest BCUT2D eigenvalue weighted by Gasteiger charge is -2.38. The van der Waals surface area contributed by atoms with Gasteiger partial charge >= 0.3 is 0 Å². The second kappa shape index (κ2) is 9.14. The van der Waals surface area contributed by atoms with Crippen LogP contribution in [0.4, 0.5) is 0 Å². The van der Waals surface area contributed by atoms with E-state index in [9.17, 15) is 4.79 Å². The zero-order valence-electron chi connectivity index (χ0n) is 15.0. The van der Waals surface area contributed by atoms with Crippen molar-refractivity contribution in [3.63, 3.8) is 0 Å². The minimum absolute atomic E-state index is 0. The Morgan fingerprint density at radius 2 is 2.08 bits per heavy atom. The van der Waals surface area contributed by atoms with E-state index < -0.39 is 0 Å². The lowest BCUT2D eigenvalue weighted by molar-refractivity contribution is 0.0573. The van der Waals surface area contributed by atoms with Gasteiger partial charge in [0.15, 0.2) is 11.5 Å². The van der Waals surface area contributed by atoms with Gasteiger partial charge in [0.05, 0.1) is 13.2 Å². The van der Waals surface area contributed by atoms with E-state index in [0.29, 0.717) is 29.5 Å². The van der Waals surface area contributed by atoms with Gasteiger partial charge in [-0.3, -0.25) is 4.79 Å². The Bertz CT molecular complexity index is 551. The van der Waals surface area contributed by atoms with Crippen molar-refractivity contribution in [3.05, 3.63) is 23.8 Å². The summed E-state index contributed by atoms with van der Waals surface area (Å²) in [5, 5.41) is 0. The van der Waals surface area contributed by atoms with Crippen LogP contribution in [0, 0.1) is 5.92 Å². The summed E-state index contributed by atoms with van der Waals surface area (Å²) in [5.74, 6) is 1.87. The Balaban J connectivity index is 0.00000288.